The van der Waals surface area contributed by atoms with Gasteiger partial charge < -0.3 is 16.0 Å². The Kier molecular flexibility index (Phi) is 5.89. The highest BCUT2D eigenvalue weighted by atomic mass is 19.4. The number of aromatic nitrogens is 4. The highest BCUT2D eigenvalue weighted by Crippen LogP contribution is 2.27. The lowest BCUT2D eigenvalue weighted by Gasteiger charge is -2.22. The Bertz CT molecular complexity index is 771. The third kappa shape index (κ3) is 5.16. The number of anilines is 1. The van der Waals surface area contributed by atoms with E-state index >= 15 is 0 Å². The van der Waals surface area contributed by atoms with Crippen molar-refractivity contribution in [2.45, 2.75) is 25.1 Å². The number of carbonyl (C=O) groups is 1. The summed E-state index contributed by atoms with van der Waals surface area (Å²) >= 11 is 0. The van der Waals surface area contributed by atoms with Gasteiger partial charge in [0.1, 0.15) is 11.4 Å². The van der Waals surface area contributed by atoms with Crippen LogP contribution in [0, 0.1) is 0 Å². The van der Waals surface area contributed by atoms with E-state index in [9.17, 15) is 18.0 Å². The van der Waals surface area contributed by atoms with Crippen LogP contribution in [0.1, 0.15) is 35.1 Å². The van der Waals surface area contributed by atoms with E-state index in [0.29, 0.717) is 5.69 Å². The lowest BCUT2D eigenvalue weighted by molar-refractivity contribution is -0.141. The molecule has 146 valence electrons. The molecule has 2 aromatic heterocycles. The van der Waals surface area contributed by atoms with Gasteiger partial charge in [0, 0.05) is 32.0 Å². The molecule has 0 saturated carbocycles. The minimum absolute atomic E-state index is 0.145. The van der Waals surface area contributed by atoms with E-state index in [4.69, 9.17) is 0 Å². The van der Waals surface area contributed by atoms with Crippen molar-refractivity contribution < 1.29 is 18.0 Å². The Balaban J connectivity index is 1.45. The molecule has 2 aromatic rings. The van der Waals surface area contributed by atoms with Crippen molar-refractivity contribution in [1.82, 2.24) is 30.4 Å². The zero-order valence-corrected chi connectivity index (χ0v) is 14.5. The third-order valence-electron chi connectivity index (χ3n) is 4.13. The summed E-state index contributed by atoms with van der Waals surface area (Å²) in [6.07, 6.45) is 0.358. The van der Waals surface area contributed by atoms with Gasteiger partial charge >= 0.3 is 6.18 Å². The van der Waals surface area contributed by atoms with Crippen molar-refractivity contribution in [3.8, 4) is 0 Å². The van der Waals surface area contributed by atoms with E-state index in [-0.39, 0.29) is 31.0 Å². The van der Waals surface area contributed by atoms with Gasteiger partial charge in [-0.05, 0) is 31.5 Å². The maximum atomic E-state index is 12.6. The van der Waals surface area contributed by atoms with Crippen LogP contribution in [-0.4, -0.2) is 51.8 Å². The van der Waals surface area contributed by atoms with Gasteiger partial charge in [0.15, 0.2) is 0 Å². The molecular weight excluding hydrogens is 363 g/mol. The molecule has 1 atom stereocenters. The molecule has 3 heterocycles. The van der Waals surface area contributed by atoms with E-state index in [2.05, 4.69) is 31.0 Å². The zero-order valence-electron chi connectivity index (χ0n) is 14.5. The zero-order chi connectivity index (χ0) is 19.3. The van der Waals surface area contributed by atoms with Crippen LogP contribution < -0.4 is 16.0 Å². The molecule has 0 aromatic carbocycles. The molecule has 0 radical (unpaired) electrons. The smallest absolute Gasteiger partial charge is 0.352 e. The number of piperidine rings is 1. The fraction of sp³-hybridized carbons (Fsp3) is 0.500. The lowest BCUT2D eigenvalue weighted by atomic mass is 10.1. The summed E-state index contributed by atoms with van der Waals surface area (Å²) in [5.41, 5.74) is -0.720. The van der Waals surface area contributed by atoms with Crippen molar-refractivity contribution >= 4 is 11.9 Å². The van der Waals surface area contributed by atoms with Crippen molar-refractivity contribution in [3.63, 3.8) is 0 Å². The SMILES string of the molecule is O=C(NCCNc1nccc(C(F)(F)F)n1)c1ccn(C2CCCNC2)n1. The van der Waals surface area contributed by atoms with Crippen molar-refractivity contribution in [2.75, 3.05) is 31.5 Å². The maximum Gasteiger partial charge on any atom is 0.433 e. The number of carbonyl (C=O) groups excluding carboxylic acids is 1. The van der Waals surface area contributed by atoms with E-state index in [1.165, 1.54) is 0 Å². The summed E-state index contributed by atoms with van der Waals surface area (Å²) in [7, 11) is 0. The fourth-order valence-electron chi connectivity index (χ4n) is 2.76. The number of nitrogens with one attached hydrogen (secondary N) is 3. The largest absolute Gasteiger partial charge is 0.433 e. The number of halogens is 3. The van der Waals surface area contributed by atoms with E-state index in [0.717, 1.165) is 38.2 Å². The molecular formula is C16H20F3N7O. The Hall–Kier alpha value is -2.69. The molecule has 3 rings (SSSR count). The first kappa shape index (κ1) is 19.1. The van der Waals surface area contributed by atoms with Gasteiger partial charge in [-0.15, -0.1) is 0 Å². The first-order valence-corrected chi connectivity index (χ1v) is 8.61. The molecule has 3 N–H and O–H groups in total. The summed E-state index contributed by atoms with van der Waals surface area (Å²) < 4.78 is 39.6. The van der Waals surface area contributed by atoms with Gasteiger partial charge in [0.25, 0.3) is 5.91 Å². The number of rotatable bonds is 6. The van der Waals surface area contributed by atoms with Crippen LogP contribution >= 0.6 is 0 Å². The summed E-state index contributed by atoms with van der Waals surface area (Å²) in [6, 6.07) is 2.68. The van der Waals surface area contributed by atoms with E-state index in [1.807, 2.05) is 0 Å². The molecule has 1 aliphatic rings. The molecule has 1 fully saturated rings. The van der Waals surface area contributed by atoms with E-state index < -0.39 is 11.9 Å². The number of hydrogen-bond acceptors (Lipinski definition) is 6. The van der Waals surface area contributed by atoms with Gasteiger partial charge in [-0.25, -0.2) is 9.97 Å². The second kappa shape index (κ2) is 8.33. The molecule has 8 nitrogen and oxygen atoms in total. The van der Waals surface area contributed by atoms with E-state index in [1.54, 1.807) is 16.9 Å². The second-order valence-corrected chi connectivity index (χ2v) is 6.13. The summed E-state index contributed by atoms with van der Waals surface area (Å²) in [4.78, 5) is 19.2. The number of amides is 1. The molecule has 1 unspecified atom stereocenters. The average molecular weight is 383 g/mol. The molecule has 0 bridgehead atoms. The molecule has 0 aliphatic carbocycles. The third-order valence-corrected chi connectivity index (χ3v) is 4.13. The number of nitrogens with zero attached hydrogens (tertiary/aromatic N) is 4. The maximum absolute atomic E-state index is 12.6. The standard InChI is InChI=1S/C16H20F3N7O/c17-16(18,19)13-3-6-22-15(24-13)23-8-7-21-14(27)12-4-9-26(25-12)11-2-1-5-20-10-11/h3-4,6,9,11,20H,1-2,5,7-8,10H2,(H,21,27)(H,22,23,24). The van der Waals surface area contributed by atoms with Crippen LogP contribution in [0.4, 0.5) is 19.1 Å². The predicted molar refractivity (Wildman–Crippen MR) is 91.2 cm³/mol. The monoisotopic (exact) mass is 383 g/mol. The molecule has 0 spiro atoms. The Labute approximate surface area is 153 Å². The van der Waals surface area contributed by atoms with Gasteiger partial charge in [0.05, 0.1) is 6.04 Å². The topological polar surface area (TPSA) is 96.8 Å². The van der Waals surface area contributed by atoms with Gasteiger partial charge in [-0.3, -0.25) is 9.48 Å². The van der Waals surface area contributed by atoms with Crippen LogP contribution in [0.5, 0.6) is 0 Å². The Morgan fingerprint density at radius 1 is 1.33 bits per heavy atom. The second-order valence-electron chi connectivity index (χ2n) is 6.13. The van der Waals surface area contributed by atoms with Crippen LogP contribution in [-0.2, 0) is 6.18 Å². The Morgan fingerprint density at radius 2 is 2.19 bits per heavy atom. The minimum atomic E-state index is -4.53. The van der Waals surface area contributed by atoms with Gasteiger partial charge in [-0.1, -0.05) is 0 Å². The first-order valence-electron chi connectivity index (χ1n) is 8.61. The Morgan fingerprint density at radius 3 is 2.93 bits per heavy atom. The van der Waals surface area contributed by atoms with Crippen LogP contribution in [0.25, 0.3) is 0 Å². The summed E-state index contributed by atoms with van der Waals surface area (Å²) in [5, 5.41) is 12.9. The predicted octanol–water partition coefficient (Wildman–Crippen LogP) is 1.46. The van der Waals surface area contributed by atoms with Crippen LogP contribution in [0.2, 0.25) is 0 Å². The molecule has 1 saturated heterocycles. The highest BCUT2D eigenvalue weighted by molar-refractivity contribution is 5.92. The van der Waals surface area contributed by atoms with Crippen LogP contribution in [0.3, 0.4) is 0 Å². The molecule has 1 amide bonds. The molecule has 11 heteroatoms. The van der Waals surface area contributed by atoms with Gasteiger partial charge in [0.2, 0.25) is 5.95 Å². The van der Waals surface area contributed by atoms with Gasteiger partial charge in [-0.2, -0.15) is 18.3 Å². The normalized spacial score (nSPS) is 17.5. The minimum Gasteiger partial charge on any atom is -0.352 e. The quantitative estimate of drug-likeness (QED) is 0.654. The molecule has 1 aliphatic heterocycles. The van der Waals surface area contributed by atoms with Crippen molar-refractivity contribution in [1.29, 1.82) is 0 Å². The lowest BCUT2D eigenvalue weighted by Crippen LogP contribution is -2.32. The first-order chi connectivity index (χ1) is 12.9. The average Bonchev–Trinajstić information content (AvgIpc) is 3.16. The summed E-state index contributed by atoms with van der Waals surface area (Å²) in [6.45, 7) is 2.19. The van der Waals surface area contributed by atoms with Crippen molar-refractivity contribution in [2.24, 2.45) is 0 Å². The highest BCUT2D eigenvalue weighted by Gasteiger charge is 2.32. The number of alkyl halides is 3. The summed E-state index contributed by atoms with van der Waals surface area (Å²) in [5.74, 6) is -0.488. The fourth-order valence-corrected chi connectivity index (χ4v) is 2.76. The van der Waals surface area contributed by atoms with Crippen LogP contribution in [0.15, 0.2) is 24.5 Å². The van der Waals surface area contributed by atoms with Crippen molar-refractivity contribution in [3.05, 3.63) is 35.9 Å². The molecule has 27 heavy (non-hydrogen) atoms. The number of hydrogen-bond donors (Lipinski definition) is 3.